The lowest BCUT2D eigenvalue weighted by Gasteiger charge is -2.20. The van der Waals surface area contributed by atoms with Crippen molar-refractivity contribution in [1.82, 2.24) is 9.88 Å². The van der Waals surface area contributed by atoms with E-state index in [9.17, 15) is 4.79 Å². The lowest BCUT2D eigenvalue weighted by atomic mass is 10.2. The first kappa shape index (κ1) is 24.9. The summed E-state index contributed by atoms with van der Waals surface area (Å²) in [5.41, 5.74) is 1.66. The fraction of sp³-hybridized carbons (Fsp3) is 0.273. The Bertz CT molecular complexity index is 1070. The van der Waals surface area contributed by atoms with E-state index >= 15 is 0 Å². The van der Waals surface area contributed by atoms with Gasteiger partial charge in [0.15, 0.2) is 16.6 Å². The van der Waals surface area contributed by atoms with Crippen LogP contribution in [0.5, 0.6) is 11.5 Å². The molecule has 0 saturated heterocycles. The van der Waals surface area contributed by atoms with Gasteiger partial charge in [0.05, 0.1) is 24.4 Å². The number of hydrogen-bond acceptors (Lipinski definition) is 6. The molecular formula is C22H25Cl2N3O3S. The minimum absolute atomic E-state index is 0. The number of aromatic nitrogens is 1. The van der Waals surface area contributed by atoms with Crippen molar-refractivity contribution >= 4 is 62.7 Å². The maximum atomic E-state index is 13.1. The highest BCUT2D eigenvalue weighted by Crippen LogP contribution is 2.31. The first-order chi connectivity index (χ1) is 14.4. The summed E-state index contributed by atoms with van der Waals surface area (Å²) < 4.78 is 11.5. The van der Waals surface area contributed by atoms with E-state index in [0.717, 1.165) is 15.8 Å². The number of rotatable bonds is 8. The van der Waals surface area contributed by atoms with Gasteiger partial charge in [-0.05, 0) is 56.1 Å². The van der Waals surface area contributed by atoms with Crippen LogP contribution < -0.4 is 14.4 Å². The number of anilines is 1. The van der Waals surface area contributed by atoms with Gasteiger partial charge in [-0.2, -0.15) is 0 Å². The molecule has 0 aliphatic heterocycles. The van der Waals surface area contributed by atoms with Crippen molar-refractivity contribution in [2.45, 2.75) is 0 Å². The predicted molar refractivity (Wildman–Crippen MR) is 131 cm³/mol. The maximum Gasteiger partial charge on any atom is 0.252 e. The summed E-state index contributed by atoms with van der Waals surface area (Å²) in [5.74, 6) is 1.11. The zero-order valence-electron chi connectivity index (χ0n) is 17.8. The van der Waals surface area contributed by atoms with Crippen LogP contribution in [0.15, 0.2) is 42.5 Å². The third-order valence-electron chi connectivity index (χ3n) is 4.43. The largest absolute Gasteiger partial charge is 0.493 e. The lowest BCUT2D eigenvalue weighted by Crippen LogP contribution is -2.35. The summed E-state index contributed by atoms with van der Waals surface area (Å²) >= 11 is 7.55. The SMILES string of the molecule is COc1ccc(C=CC(=O)N(CCN(C)C)c2nc3ccc(Cl)cc3s2)cc1OC.Cl. The summed E-state index contributed by atoms with van der Waals surface area (Å²) in [6, 6.07) is 11.0. The van der Waals surface area contributed by atoms with Crippen LogP contribution in [0.1, 0.15) is 5.56 Å². The number of benzene rings is 2. The summed E-state index contributed by atoms with van der Waals surface area (Å²) in [7, 11) is 7.12. The molecule has 0 spiro atoms. The molecule has 1 aromatic heterocycles. The van der Waals surface area contributed by atoms with Crippen LogP contribution in [0.25, 0.3) is 16.3 Å². The Balaban J connectivity index is 0.00000341. The van der Waals surface area contributed by atoms with E-state index in [4.69, 9.17) is 21.1 Å². The molecule has 0 fully saturated rings. The Hall–Kier alpha value is -2.32. The topological polar surface area (TPSA) is 54.9 Å². The third-order valence-corrected chi connectivity index (χ3v) is 5.71. The molecule has 0 atom stereocenters. The van der Waals surface area contributed by atoms with Gasteiger partial charge in [0, 0.05) is 24.2 Å². The number of carbonyl (C=O) groups is 1. The Labute approximate surface area is 197 Å². The van der Waals surface area contributed by atoms with Crippen molar-refractivity contribution < 1.29 is 14.3 Å². The smallest absolute Gasteiger partial charge is 0.252 e. The molecular weight excluding hydrogens is 457 g/mol. The number of methoxy groups -OCH3 is 2. The molecule has 0 aliphatic carbocycles. The number of halogens is 2. The molecule has 1 heterocycles. The first-order valence-electron chi connectivity index (χ1n) is 9.33. The summed E-state index contributed by atoms with van der Waals surface area (Å²) in [6.45, 7) is 1.24. The Morgan fingerprint density at radius 2 is 1.84 bits per heavy atom. The van der Waals surface area contributed by atoms with Crippen molar-refractivity contribution in [3.05, 3.63) is 53.1 Å². The molecule has 6 nitrogen and oxygen atoms in total. The fourth-order valence-electron chi connectivity index (χ4n) is 2.82. The van der Waals surface area contributed by atoms with Crippen LogP contribution in [0.3, 0.4) is 0 Å². The zero-order chi connectivity index (χ0) is 21.7. The number of amides is 1. The van der Waals surface area contributed by atoms with Crippen LogP contribution >= 0.6 is 35.3 Å². The summed E-state index contributed by atoms with van der Waals surface area (Å²) in [4.78, 5) is 21.4. The van der Waals surface area contributed by atoms with Gasteiger partial charge in [0.25, 0.3) is 5.91 Å². The Morgan fingerprint density at radius 1 is 1.10 bits per heavy atom. The third kappa shape index (κ3) is 6.33. The molecule has 0 aliphatic rings. The maximum absolute atomic E-state index is 13.1. The number of thiazole rings is 1. The minimum Gasteiger partial charge on any atom is -0.493 e. The number of likely N-dealkylation sites (N-methyl/N-ethyl adjacent to an activating group) is 1. The van der Waals surface area contributed by atoms with Gasteiger partial charge in [0.1, 0.15) is 0 Å². The standard InChI is InChI=1S/C22H24ClN3O3S.ClH/c1-25(2)11-12-26(22-24-17-8-7-16(23)14-20(17)30-22)21(27)10-6-15-5-9-18(28-3)19(13-15)29-4;/h5-10,13-14H,11-12H2,1-4H3;1H. The van der Waals surface area contributed by atoms with E-state index in [1.165, 1.54) is 11.3 Å². The van der Waals surface area contributed by atoms with E-state index < -0.39 is 0 Å². The van der Waals surface area contributed by atoms with Crippen LogP contribution in [0, 0.1) is 0 Å². The van der Waals surface area contributed by atoms with Gasteiger partial charge >= 0.3 is 0 Å². The molecule has 2 aromatic carbocycles. The molecule has 3 rings (SSSR count). The van der Waals surface area contributed by atoms with E-state index in [1.54, 1.807) is 37.3 Å². The number of fused-ring (bicyclic) bond motifs is 1. The van der Waals surface area contributed by atoms with Gasteiger partial charge in [-0.15, -0.1) is 12.4 Å². The second kappa shape index (κ2) is 11.3. The number of hydrogen-bond donors (Lipinski definition) is 0. The fourth-order valence-corrected chi connectivity index (χ4v) is 4.09. The van der Waals surface area contributed by atoms with Gasteiger partial charge in [-0.25, -0.2) is 4.98 Å². The molecule has 0 radical (unpaired) electrons. The monoisotopic (exact) mass is 481 g/mol. The van der Waals surface area contributed by atoms with Crippen molar-refractivity contribution in [2.75, 3.05) is 46.3 Å². The summed E-state index contributed by atoms with van der Waals surface area (Å²) in [5, 5.41) is 1.30. The molecule has 0 saturated carbocycles. The van der Waals surface area contributed by atoms with Gasteiger partial charge in [0.2, 0.25) is 0 Å². The van der Waals surface area contributed by atoms with Crippen molar-refractivity contribution in [3.63, 3.8) is 0 Å². The van der Waals surface area contributed by atoms with Gasteiger partial charge in [-0.3, -0.25) is 9.69 Å². The molecule has 166 valence electrons. The molecule has 9 heteroatoms. The highest BCUT2D eigenvalue weighted by Gasteiger charge is 2.18. The van der Waals surface area contributed by atoms with Gasteiger partial charge < -0.3 is 14.4 Å². The van der Waals surface area contributed by atoms with E-state index in [1.807, 2.05) is 49.3 Å². The van der Waals surface area contributed by atoms with Crippen LogP contribution in [0.2, 0.25) is 5.02 Å². The molecule has 0 N–H and O–H groups in total. The van der Waals surface area contributed by atoms with Crippen molar-refractivity contribution in [1.29, 1.82) is 0 Å². The minimum atomic E-state index is -0.142. The van der Waals surface area contributed by atoms with Crippen LogP contribution in [-0.4, -0.2) is 57.2 Å². The lowest BCUT2D eigenvalue weighted by molar-refractivity contribution is -0.114. The predicted octanol–water partition coefficient (Wildman–Crippen LogP) is 5.00. The second-order valence-electron chi connectivity index (χ2n) is 6.85. The number of ether oxygens (including phenoxy) is 2. The van der Waals surface area contributed by atoms with E-state index in [0.29, 0.717) is 34.7 Å². The average molecular weight is 482 g/mol. The number of nitrogens with zero attached hydrogens (tertiary/aromatic N) is 3. The molecule has 31 heavy (non-hydrogen) atoms. The van der Waals surface area contributed by atoms with Crippen molar-refractivity contribution in [2.24, 2.45) is 0 Å². The second-order valence-corrected chi connectivity index (χ2v) is 8.29. The molecule has 0 bridgehead atoms. The van der Waals surface area contributed by atoms with Crippen molar-refractivity contribution in [3.8, 4) is 11.5 Å². The van der Waals surface area contributed by atoms with E-state index in [2.05, 4.69) is 4.98 Å². The highest BCUT2D eigenvalue weighted by atomic mass is 35.5. The highest BCUT2D eigenvalue weighted by molar-refractivity contribution is 7.22. The van der Waals surface area contributed by atoms with Crippen LogP contribution in [0.4, 0.5) is 5.13 Å². The molecule has 3 aromatic rings. The normalized spacial score (nSPS) is 11.0. The molecule has 0 unspecified atom stereocenters. The van der Waals surface area contributed by atoms with Gasteiger partial charge in [-0.1, -0.05) is 29.0 Å². The Kier molecular flexibility index (Phi) is 9.13. The average Bonchev–Trinajstić information content (AvgIpc) is 3.14. The Morgan fingerprint density at radius 3 is 2.52 bits per heavy atom. The zero-order valence-corrected chi connectivity index (χ0v) is 20.2. The molecule has 1 amide bonds. The summed E-state index contributed by atoms with van der Waals surface area (Å²) in [6.07, 6.45) is 3.31. The quantitative estimate of drug-likeness (QED) is 0.423. The number of carbonyl (C=O) groups excluding carboxylic acids is 1. The van der Waals surface area contributed by atoms with Crippen LogP contribution in [-0.2, 0) is 4.79 Å². The van der Waals surface area contributed by atoms with E-state index in [-0.39, 0.29) is 18.3 Å². The first-order valence-corrected chi connectivity index (χ1v) is 10.5.